The lowest BCUT2D eigenvalue weighted by Gasteiger charge is -2.30. The van der Waals surface area contributed by atoms with E-state index in [1.807, 2.05) is 24.3 Å². The average molecular weight is 464 g/mol. The summed E-state index contributed by atoms with van der Waals surface area (Å²) < 4.78 is 47.2. The fourth-order valence-electron chi connectivity index (χ4n) is 3.53. The maximum Gasteiger partial charge on any atom is 0.391 e. The molecule has 7 heteroatoms. The zero-order valence-corrected chi connectivity index (χ0v) is 16.0. The highest BCUT2D eigenvalue weighted by Crippen LogP contribution is 2.42. The molecule has 0 amide bonds. The Bertz CT molecular complexity index is 721. The number of rotatable bonds is 4. The van der Waals surface area contributed by atoms with Crippen LogP contribution >= 0.6 is 22.6 Å². The van der Waals surface area contributed by atoms with Crippen molar-refractivity contribution in [2.24, 2.45) is 5.92 Å². The van der Waals surface area contributed by atoms with Crippen molar-refractivity contribution in [1.82, 2.24) is 9.55 Å². The molecule has 1 aliphatic rings. The number of hydrogen-bond donors (Lipinski definition) is 0. The molecular formula is C18H20F3IN2O. The zero-order chi connectivity index (χ0) is 18.0. The first-order chi connectivity index (χ1) is 11.9. The summed E-state index contributed by atoms with van der Waals surface area (Å²) in [7, 11) is 1.64. The summed E-state index contributed by atoms with van der Waals surface area (Å²) in [6.45, 7) is 0.608. The quantitative estimate of drug-likeness (QED) is 0.569. The van der Waals surface area contributed by atoms with Gasteiger partial charge in [-0.05, 0) is 54.3 Å². The maximum absolute atomic E-state index is 12.9. The van der Waals surface area contributed by atoms with E-state index < -0.39 is 12.1 Å². The number of hydrogen-bond acceptors (Lipinski definition) is 2. The third kappa shape index (κ3) is 4.12. The summed E-state index contributed by atoms with van der Waals surface area (Å²) >= 11 is 2.22. The van der Waals surface area contributed by atoms with Gasteiger partial charge in [0.1, 0.15) is 15.3 Å². The Kier molecular flexibility index (Phi) is 5.60. The first-order valence-electron chi connectivity index (χ1n) is 8.29. The van der Waals surface area contributed by atoms with Crippen LogP contribution in [0.25, 0.3) is 0 Å². The molecule has 3 rings (SSSR count). The molecule has 2 aromatic rings. The van der Waals surface area contributed by atoms with Crippen molar-refractivity contribution in [1.29, 1.82) is 0 Å². The Morgan fingerprint density at radius 3 is 2.52 bits per heavy atom. The van der Waals surface area contributed by atoms with Gasteiger partial charge in [-0.25, -0.2) is 4.98 Å². The second-order valence-corrected chi connectivity index (χ2v) is 7.53. The van der Waals surface area contributed by atoms with Gasteiger partial charge in [0.25, 0.3) is 0 Å². The summed E-state index contributed by atoms with van der Waals surface area (Å²) in [6.07, 6.45) is -0.849. The third-order valence-corrected chi connectivity index (χ3v) is 5.77. The maximum atomic E-state index is 12.9. The summed E-state index contributed by atoms with van der Waals surface area (Å²) in [4.78, 5) is 4.51. The number of halogens is 4. The first-order valence-corrected chi connectivity index (χ1v) is 9.37. The van der Waals surface area contributed by atoms with Gasteiger partial charge in [-0.3, -0.25) is 0 Å². The summed E-state index contributed by atoms with van der Waals surface area (Å²) in [5, 5.41) is 0. The predicted molar refractivity (Wildman–Crippen MR) is 97.8 cm³/mol. The van der Waals surface area contributed by atoms with Crippen LogP contribution in [0.5, 0.6) is 5.75 Å². The van der Waals surface area contributed by atoms with Crippen molar-refractivity contribution < 1.29 is 17.9 Å². The van der Waals surface area contributed by atoms with Gasteiger partial charge in [0.05, 0.1) is 25.8 Å². The van der Waals surface area contributed by atoms with Crippen LogP contribution in [0.1, 0.15) is 43.0 Å². The van der Waals surface area contributed by atoms with E-state index in [1.165, 1.54) is 0 Å². The Hall–Kier alpha value is -1.25. The molecular weight excluding hydrogens is 444 g/mol. The van der Waals surface area contributed by atoms with E-state index in [1.54, 1.807) is 13.3 Å². The minimum Gasteiger partial charge on any atom is -0.496 e. The lowest BCUT2D eigenvalue weighted by atomic mass is 9.81. The largest absolute Gasteiger partial charge is 0.496 e. The number of methoxy groups -OCH3 is 1. The van der Waals surface area contributed by atoms with Crippen molar-refractivity contribution in [2.75, 3.05) is 7.11 Å². The smallest absolute Gasteiger partial charge is 0.391 e. The van der Waals surface area contributed by atoms with Crippen LogP contribution in [0, 0.1) is 9.62 Å². The Morgan fingerprint density at radius 2 is 1.88 bits per heavy atom. The molecule has 1 heterocycles. The van der Waals surface area contributed by atoms with Gasteiger partial charge in [0.15, 0.2) is 0 Å². The molecule has 0 atom stereocenters. The third-order valence-electron chi connectivity index (χ3n) is 4.91. The molecule has 0 unspecified atom stereocenters. The molecule has 3 nitrogen and oxygen atoms in total. The molecule has 0 N–H and O–H groups in total. The second kappa shape index (κ2) is 7.55. The minimum atomic E-state index is -4.08. The number of imidazole rings is 1. The highest BCUT2D eigenvalue weighted by molar-refractivity contribution is 14.1. The number of para-hydroxylation sites is 1. The van der Waals surface area contributed by atoms with E-state index in [2.05, 4.69) is 32.1 Å². The highest BCUT2D eigenvalue weighted by Gasteiger charge is 2.42. The van der Waals surface area contributed by atoms with Crippen molar-refractivity contribution in [3.05, 3.63) is 45.6 Å². The van der Waals surface area contributed by atoms with Gasteiger partial charge in [-0.1, -0.05) is 18.2 Å². The van der Waals surface area contributed by atoms with Crippen molar-refractivity contribution in [3.63, 3.8) is 0 Å². The minimum absolute atomic E-state index is 0.0804. The average Bonchev–Trinajstić information content (AvgIpc) is 2.95. The molecule has 1 aromatic carbocycles. The van der Waals surface area contributed by atoms with Gasteiger partial charge >= 0.3 is 6.18 Å². The van der Waals surface area contributed by atoms with Gasteiger partial charge in [-0.2, -0.15) is 13.2 Å². The van der Waals surface area contributed by atoms with E-state index in [-0.39, 0.29) is 18.8 Å². The fraction of sp³-hybridized carbons (Fsp3) is 0.500. The van der Waals surface area contributed by atoms with E-state index in [9.17, 15) is 13.2 Å². The van der Waals surface area contributed by atoms with Crippen LogP contribution in [0.2, 0.25) is 0 Å². The Morgan fingerprint density at radius 1 is 1.20 bits per heavy atom. The van der Waals surface area contributed by atoms with E-state index in [0.29, 0.717) is 19.4 Å². The van der Waals surface area contributed by atoms with E-state index in [0.717, 1.165) is 20.8 Å². The van der Waals surface area contributed by atoms with Gasteiger partial charge in [0, 0.05) is 11.5 Å². The SMILES string of the molecule is COc1ccccc1Cn1c(I)cnc1C1CCC(C(F)(F)F)CC1. The van der Waals surface area contributed by atoms with Gasteiger partial charge in [-0.15, -0.1) is 0 Å². The van der Waals surface area contributed by atoms with Crippen LogP contribution in [0.4, 0.5) is 13.2 Å². The van der Waals surface area contributed by atoms with Crippen molar-refractivity contribution in [3.8, 4) is 5.75 Å². The normalized spacial score (nSPS) is 21.3. The number of alkyl halides is 3. The summed E-state index contributed by atoms with van der Waals surface area (Å²) in [5.74, 6) is 0.604. The van der Waals surface area contributed by atoms with Crippen LogP contribution in [-0.4, -0.2) is 22.8 Å². The van der Waals surface area contributed by atoms with E-state index in [4.69, 9.17) is 4.74 Å². The van der Waals surface area contributed by atoms with Gasteiger partial charge < -0.3 is 9.30 Å². The van der Waals surface area contributed by atoms with Crippen LogP contribution < -0.4 is 4.74 Å². The van der Waals surface area contributed by atoms with E-state index >= 15 is 0 Å². The molecule has 136 valence electrons. The van der Waals surface area contributed by atoms with Crippen LogP contribution in [-0.2, 0) is 6.54 Å². The molecule has 1 saturated carbocycles. The van der Waals surface area contributed by atoms with Crippen LogP contribution in [0.15, 0.2) is 30.5 Å². The van der Waals surface area contributed by atoms with Crippen molar-refractivity contribution >= 4 is 22.6 Å². The Labute approximate surface area is 158 Å². The standard InChI is InChI=1S/C18H20F3IN2O/c1-25-15-5-3-2-4-13(15)11-24-16(22)10-23-17(24)12-6-8-14(9-7-12)18(19,20)21/h2-5,10,12,14H,6-9,11H2,1H3. The molecule has 25 heavy (non-hydrogen) atoms. The molecule has 0 bridgehead atoms. The Balaban J connectivity index is 1.79. The molecule has 0 saturated heterocycles. The fourth-order valence-corrected chi connectivity index (χ4v) is 4.09. The number of ether oxygens (including phenoxy) is 1. The van der Waals surface area contributed by atoms with Gasteiger partial charge in [0.2, 0.25) is 0 Å². The molecule has 1 fully saturated rings. The molecule has 0 radical (unpaired) electrons. The molecule has 0 spiro atoms. The lowest BCUT2D eigenvalue weighted by Crippen LogP contribution is -2.28. The van der Waals surface area contributed by atoms with Crippen molar-refractivity contribution in [2.45, 2.75) is 44.3 Å². The summed E-state index contributed by atoms with van der Waals surface area (Å²) in [5.41, 5.74) is 1.03. The zero-order valence-electron chi connectivity index (χ0n) is 13.9. The number of aromatic nitrogens is 2. The lowest BCUT2D eigenvalue weighted by molar-refractivity contribution is -0.182. The molecule has 0 aliphatic heterocycles. The first kappa shape index (κ1) is 18.5. The predicted octanol–water partition coefficient (Wildman–Crippen LogP) is 5.38. The monoisotopic (exact) mass is 464 g/mol. The number of benzene rings is 1. The molecule has 1 aromatic heterocycles. The topological polar surface area (TPSA) is 27.1 Å². The highest BCUT2D eigenvalue weighted by atomic mass is 127. The summed E-state index contributed by atoms with van der Waals surface area (Å²) in [6, 6.07) is 7.78. The van der Waals surface area contributed by atoms with Crippen LogP contribution in [0.3, 0.4) is 0 Å². The number of nitrogens with zero attached hydrogens (tertiary/aromatic N) is 2. The molecule has 1 aliphatic carbocycles. The second-order valence-electron chi connectivity index (χ2n) is 6.43.